The monoisotopic (exact) mass is 255 g/mol. The van der Waals surface area contributed by atoms with E-state index < -0.39 is 0 Å². The van der Waals surface area contributed by atoms with E-state index in [1.165, 1.54) is 0 Å². The minimum Gasteiger partial charge on any atom is -0.466 e. The van der Waals surface area contributed by atoms with E-state index in [2.05, 4.69) is 12.6 Å². The van der Waals surface area contributed by atoms with Crippen LogP contribution in [-0.2, 0) is 16.0 Å². The van der Waals surface area contributed by atoms with Gasteiger partial charge in [0.05, 0.1) is 23.6 Å². The van der Waals surface area contributed by atoms with E-state index in [0.29, 0.717) is 17.1 Å². The number of halogens is 1. The molecule has 0 aliphatic heterocycles. The van der Waals surface area contributed by atoms with Crippen molar-refractivity contribution in [3.63, 3.8) is 0 Å². The second-order valence-corrected chi connectivity index (χ2v) is 3.89. The van der Waals surface area contributed by atoms with Crippen molar-refractivity contribution in [3.05, 3.63) is 28.3 Å². The lowest BCUT2D eigenvalue weighted by Gasteiger charge is -2.06. The maximum absolute atomic E-state index is 11.3. The van der Waals surface area contributed by atoms with Crippen LogP contribution < -0.4 is 0 Å². The standard InChI is InChI=1S/C11H10ClNO2S/c1-2-15-10(14)5-7-3-4-9(16)11(12)8(7)6-13/h3-4,16H,2,5H2,1H3. The molecule has 1 aromatic carbocycles. The summed E-state index contributed by atoms with van der Waals surface area (Å²) < 4.78 is 4.80. The van der Waals surface area contributed by atoms with Crippen LogP contribution in [0.15, 0.2) is 17.0 Å². The normalized spacial score (nSPS) is 9.62. The van der Waals surface area contributed by atoms with E-state index in [1.807, 2.05) is 6.07 Å². The minimum absolute atomic E-state index is 0.0461. The first-order valence-corrected chi connectivity index (χ1v) is 5.48. The van der Waals surface area contributed by atoms with Crippen LogP contribution in [0.1, 0.15) is 18.1 Å². The van der Waals surface area contributed by atoms with Gasteiger partial charge in [0.1, 0.15) is 6.07 Å². The first kappa shape index (κ1) is 12.9. The molecular formula is C11H10ClNO2S. The summed E-state index contributed by atoms with van der Waals surface area (Å²) >= 11 is 10.0. The van der Waals surface area contributed by atoms with E-state index in [4.69, 9.17) is 21.6 Å². The lowest BCUT2D eigenvalue weighted by molar-refractivity contribution is -0.142. The summed E-state index contributed by atoms with van der Waals surface area (Å²) in [5, 5.41) is 9.22. The third-order valence-electron chi connectivity index (χ3n) is 1.96. The molecule has 0 unspecified atom stereocenters. The number of carbonyl (C=O) groups excluding carboxylic acids is 1. The zero-order chi connectivity index (χ0) is 12.1. The fourth-order valence-electron chi connectivity index (χ4n) is 1.24. The number of thiol groups is 1. The van der Waals surface area contributed by atoms with E-state index in [0.717, 1.165) is 0 Å². The average Bonchev–Trinajstić information content (AvgIpc) is 2.24. The fraction of sp³-hybridized carbons (Fsp3) is 0.273. The summed E-state index contributed by atoms with van der Waals surface area (Å²) in [6, 6.07) is 5.27. The molecular weight excluding hydrogens is 246 g/mol. The maximum Gasteiger partial charge on any atom is 0.310 e. The number of rotatable bonds is 3. The van der Waals surface area contributed by atoms with Gasteiger partial charge in [-0.3, -0.25) is 4.79 Å². The molecule has 0 bridgehead atoms. The third-order valence-corrected chi connectivity index (χ3v) is 2.86. The smallest absolute Gasteiger partial charge is 0.310 e. The molecule has 0 aliphatic rings. The van der Waals surface area contributed by atoms with Gasteiger partial charge in [0.2, 0.25) is 0 Å². The second kappa shape index (κ2) is 5.78. The summed E-state index contributed by atoms with van der Waals surface area (Å²) in [6.45, 7) is 2.05. The molecule has 16 heavy (non-hydrogen) atoms. The van der Waals surface area contributed by atoms with Crippen LogP contribution in [0.5, 0.6) is 0 Å². The Hall–Kier alpha value is -1.18. The number of carbonyl (C=O) groups is 1. The Labute approximate surface area is 104 Å². The Morgan fingerprint density at radius 2 is 2.31 bits per heavy atom. The Bertz CT molecular complexity index is 454. The van der Waals surface area contributed by atoms with Crippen molar-refractivity contribution < 1.29 is 9.53 Å². The topological polar surface area (TPSA) is 50.1 Å². The number of benzene rings is 1. The van der Waals surface area contributed by atoms with Crippen LogP contribution >= 0.6 is 24.2 Å². The molecule has 1 rings (SSSR count). The van der Waals surface area contributed by atoms with Crippen molar-refractivity contribution in [1.29, 1.82) is 5.26 Å². The molecule has 0 atom stereocenters. The Balaban J connectivity index is 3.02. The van der Waals surface area contributed by atoms with Crippen LogP contribution in [-0.4, -0.2) is 12.6 Å². The van der Waals surface area contributed by atoms with Gasteiger partial charge < -0.3 is 4.74 Å². The van der Waals surface area contributed by atoms with E-state index >= 15 is 0 Å². The SMILES string of the molecule is CCOC(=O)Cc1ccc(S)c(Cl)c1C#N. The van der Waals surface area contributed by atoms with Gasteiger partial charge in [-0.05, 0) is 18.6 Å². The molecule has 0 saturated heterocycles. The Kier molecular flexibility index (Phi) is 4.66. The zero-order valence-corrected chi connectivity index (χ0v) is 10.3. The van der Waals surface area contributed by atoms with Crippen LogP contribution in [0.25, 0.3) is 0 Å². The predicted octanol–water partition coefficient (Wildman–Crippen LogP) is 2.61. The molecule has 0 N–H and O–H groups in total. The Morgan fingerprint density at radius 3 is 2.88 bits per heavy atom. The molecule has 0 amide bonds. The van der Waals surface area contributed by atoms with Gasteiger partial charge in [0.15, 0.2) is 0 Å². The zero-order valence-electron chi connectivity index (χ0n) is 8.66. The Morgan fingerprint density at radius 1 is 1.62 bits per heavy atom. The number of hydrogen-bond donors (Lipinski definition) is 1. The molecule has 1 aromatic rings. The highest BCUT2D eigenvalue weighted by Gasteiger charge is 2.13. The van der Waals surface area contributed by atoms with Crippen molar-refractivity contribution in [1.82, 2.24) is 0 Å². The third kappa shape index (κ3) is 2.91. The summed E-state index contributed by atoms with van der Waals surface area (Å²) in [5.74, 6) is -0.373. The lowest BCUT2D eigenvalue weighted by Crippen LogP contribution is -2.08. The van der Waals surface area contributed by atoms with Crippen molar-refractivity contribution >= 4 is 30.2 Å². The van der Waals surface area contributed by atoms with Crippen molar-refractivity contribution in [2.45, 2.75) is 18.2 Å². The van der Waals surface area contributed by atoms with Crippen LogP contribution in [0.3, 0.4) is 0 Å². The van der Waals surface area contributed by atoms with Crippen molar-refractivity contribution in [2.75, 3.05) is 6.61 Å². The minimum atomic E-state index is -0.373. The number of hydrogen-bond acceptors (Lipinski definition) is 4. The second-order valence-electron chi connectivity index (χ2n) is 3.03. The molecule has 0 aromatic heterocycles. The van der Waals surface area contributed by atoms with E-state index in [-0.39, 0.29) is 23.0 Å². The molecule has 0 spiro atoms. The quantitative estimate of drug-likeness (QED) is 0.667. The highest BCUT2D eigenvalue weighted by Crippen LogP contribution is 2.27. The molecule has 0 aliphatic carbocycles. The molecule has 0 saturated carbocycles. The van der Waals surface area contributed by atoms with E-state index in [9.17, 15) is 4.79 Å². The molecule has 0 heterocycles. The van der Waals surface area contributed by atoms with Gasteiger partial charge in [-0.1, -0.05) is 17.7 Å². The summed E-state index contributed by atoms with van der Waals surface area (Å²) in [4.78, 5) is 11.8. The number of esters is 1. The van der Waals surface area contributed by atoms with Gasteiger partial charge in [-0.2, -0.15) is 5.26 Å². The lowest BCUT2D eigenvalue weighted by atomic mass is 10.1. The molecule has 3 nitrogen and oxygen atoms in total. The van der Waals surface area contributed by atoms with Crippen LogP contribution in [0.2, 0.25) is 5.02 Å². The summed E-state index contributed by atoms with van der Waals surface area (Å²) in [5.41, 5.74) is 0.839. The van der Waals surface area contributed by atoms with Gasteiger partial charge in [-0.15, -0.1) is 12.6 Å². The first-order valence-electron chi connectivity index (χ1n) is 4.66. The van der Waals surface area contributed by atoms with Crippen LogP contribution in [0, 0.1) is 11.3 Å². The van der Waals surface area contributed by atoms with Gasteiger partial charge in [0.25, 0.3) is 0 Å². The number of nitrogens with zero attached hydrogens (tertiary/aromatic N) is 1. The highest BCUT2D eigenvalue weighted by atomic mass is 35.5. The molecule has 5 heteroatoms. The van der Waals surface area contributed by atoms with Crippen LogP contribution in [0.4, 0.5) is 0 Å². The van der Waals surface area contributed by atoms with Gasteiger partial charge in [-0.25, -0.2) is 0 Å². The predicted molar refractivity (Wildman–Crippen MR) is 63.8 cm³/mol. The van der Waals surface area contributed by atoms with Gasteiger partial charge in [0, 0.05) is 4.90 Å². The highest BCUT2D eigenvalue weighted by molar-refractivity contribution is 7.80. The van der Waals surface area contributed by atoms with Crippen molar-refractivity contribution in [2.24, 2.45) is 0 Å². The largest absolute Gasteiger partial charge is 0.466 e. The maximum atomic E-state index is 11.3. The number of ether oxygens (including phenoxy) is 1. The average molecular weight is 256 g/mol. The summed E-state index contributed by atoms with van der Waals surface area (Å²) in [6.07, 6.45) is 0.0461. The molecule has 0 radical (unpaired) electrons. The molecule has 84 valence electrons. The van der Waals surface area contributed by atoms with Gasteiger partial charge >= 0.3 is 5.97 Å². The van der Waals surface area contributed by atoms with E-state index in [1.54, 1.807) is 19.1 Å². The number of nitriles is 1. The summed E-state index contributed by atoms with van der Waals surface area (Å²) in [7, 11) is 0. The van der Waals surface area contributed by atoms with Crippen molar-refractivity contribution in [3.8, 4) is 6.07 Å². The first-order chi connectivity index (χ1) is 7.60. The fourth-order valence-corrected chi connectivity index (χ4v) is 1.65. The molecule has 0 fully saturated rings.